The molecule has 1 aliphatic carbocycles. The lowest BCUT2D eigenvalue weighted by atomic mass is 9.94. The molecule has 4 heteroatoms. The zero-order valence-corrected chi connectivity index (χ0v) is 9.03. The maximum atomic E-state index is 11.1. The molecule has 0 aromatic heterocycles. The zero-order chi connectivity index (χ0) is 9.35. The third-order valence-electron chi connectivity index (χ3n) is 2.72. The van der Waals surface area contributed by atoms with Gasteiger partial charge in [0, 0.05) is 10.7 Å². The van der Waals surface area contributed by atoms with E-state index in [1.165, 1.54) is 0 Å². The Bertz CT molecular complexity index is 246. The first-order valence-corrected chi connectivity index (χ1v) is 6.73. The van der Waals surface area contributed by atoms with Gasteiger partial charge in [0.15, 0.2) is 0 Å². The normalized spacial score (nSPS) is 31.3. The summed E-state index contributed by atoms with van der Waals surface area (Å²) in [7, 11) is 2.03. The van der Waals surface area contributed by atoms with E-state index >= 15 is 0 Å². The van der Waals surface area contributed by atoms with Gasteiger partial charge in [-0.1, -0.05) is 20.3 Å². The fraction of sp³-hybridized carbons (Fsp3) is 1.00. The summed E-state index contributed by atoms with van der Waals surface area (Å²) in [6.45, 7) is 4.12. The summed E-state index contributed by atoms with van der Waals surface area (Å²) in [6.07, 6.45) is 2.75. The minimum absolute atomic E-state index is 0.271. The van der Waals surface area contributed by atoms with E-state index in [-0.39, 0.29) is 11.2 Å². The van der Waals surface area contributed by atoms with E-state index in [4.69, 9.17) is 10.7 Å². The minimum Gasteiger partial charge on any atom is -0.212 e. The maximum Gasteiger partial charge on any atom is 0.235 e. The molecule has 1 aliphatic rings. The molecule has 1 rings (SSSR count). The lowest BCUT2D eigenvalue weighted by molar-refractivity contribution is 0.395. The van der Waals surface area contributed by atoms with Crippen LogP contribution in [0.5, 0.6) is 0 Å². The molecular formula is C8H15ClO2S. The standard InChI is InChI=1S/C8H15ClO2S/c1-6(2)7-4-3-5-8(7)12(9,10)11/h6-8H,3-5H2,1-2H3. The van der Waals surface area contributed by atoms with Crippen molar-refractivity contribution in [3.05, 3.63) is 0 Å². The number of halogens is 1. The van der Waals surface area contributed by atoms with Crippen LogP contribution < -0.4 is 0 Å². The average Bonchev–Trinajstić information content (AvgIpc) is 2.30. The van der Waals surface area contributed by atoms with Gasteiger partial charge in [0.2, 0.25) is 9.05 Å². The SMILES string of the molecule is CC(C)C1CCCC1S(=O)(=O)Cl. The summed E-state index contributed by atoms with van der Waals surface area (Å²) in [5, 5.41) is -0.292. The summed E-state index contributed by atoms with van der Waals surface area (Å²) >= 11 is 0. The molecule has 0 heterocycles. The van der Waals surface area contributed by atoms with Gasteiger partial charge in [0.25, 0.3) is 0 Å². The van der Waals surface area contributed by atoms with Gasteiger partial charge in [0.05, 0.1) is 5.25 Å². The van der Waals surface area contributed by atoms with Crippen LogP contribution in [0.25, 0.3) is 0 Å². The quantitative estimate of drug-likeness (QED) is 0.656. The van der Waals surface area contributed by atoms with Crippen molar-refractivity contribution in [3.63, 3.8) is 0 Å². The molecule has 1 fully saturated rings. The molecule has 0 amide bonds. The summed E-state index contributed by atoms with van der Waals surface area (Å²) in [4.78, 5) is 0. The van der Waals surface area contributed by atoms with Gasteiger partial charge in [-0.15, -0.1) is 0 Å². The fourth-order valence-corrected chi connectivity index (χ4v) is 4.05. The summed E-state index contributed by atoms with van der Waals surface area (Å²) in [5.74, 6) is 0.693. The van der Waals surface area contributed by atoms with Crippen molar-refractivity contribution in [2.45, 2.75) is 38.4 Å². The predicted octanol–water partition coefficient (Wildman–Crippen LogP) is 2.38. The molecule has 2 atom stereocenters. The van der Waals surface area contributed by atoms with Crippen molar-refractivity contribution in [1.82, 2.24) is 0 Å². The van der Waals surface area contributed by atoms with Crippen molar-refractivity contribution in [1.29, 1.82) is 0 Å². The first-order valence-electron chi connectivity index (χ1n) is 4.36. The highest BCUT2D eigenvalue weighted by molar-refractivity contribution is 8.14. The molecular weight excluding hydrogens is 196 g/mol. The Kier molecular flexibility index (Phi) is 3.05. The Morgan fingerprint density at radius 2 is 1.92 bits per heavy atom. The second-order valence-electron chi connectivity index (χ2n) is 3.85. The van der Waals surface area contributed by atoms with Crippen LogP contribution in [0.15, 0.2) is 0 Å². The van der Waals surface area contributed by atoms with Crippen LogP contribution >= 0.6 is 10.7 Å². The highest BCUT2D eigenvalue weighted by atomic mass is 35.7. The zero-order valence-electron chi connectivity index (χ0n) is 7.46. The lowest BCUT2D eigenvalue weighted by Crippen LogP contribution is -2.24. The first-order chi connectivity index (χ1) is 5.43. The Hall–Kier alpha value is 0.240. The maximum absolute atomic E-state index is 11.1. The van der Waals surface area contributed by atoms with Crippen LogP contribution in [-0.4, -0.2) is 13.7 Å². The van der Waals surface area contributed by atoms with Gasteiger partial charge in [-0.3, -0.25) is 0 Å². The van der Waals surface area contributed by atoms with Crippen LogP contribution in [0.3, 0.4) is 0 Å². The smallest absolute Gasteiger partial charge is 0.212 e. The minimum atomic E-state index is -3.32. The van der Waals surface area contributed by atoms with Gasteiger partial charge in [-0.25, -0.2) is 8.42 Å². The number of hydrogen-bond donors (Lipinski definition) is 0. The molecule has 2 nitrogen and oxygen atoms in total. The van der Waals surface area contributed by atoms with Crippen molar-refractivity contribution < 1.29 is 8.42 Å². The second kappa shape index (κ2) is 3.54. The van der Waals surface area contributed by atoms with E-state index in [9.17, 15) is 8.42 Å². The molecule has 1 saturated carbocycles. The van der Waals surface area contributed by atoms with Gasteiger partial charge in [-0.05, 0) is 24.7 Å². The molecule has 0 bridgehead atoms. The Balaban J connectivity index is 2.78. The number of hydrogen-bond acceptors (Lipinski definition) is 2. The molecule has 0 N–H and O–H groups in total. The molecule has 0 aliphatic heterocycles. The van der Waals surface area contributed by atoms with E-state index in [0.717, 1.165) is 19.3 Å². The topological polar surface area (TPSA) is 34.1 Å². The molecule has 12 heavy (non-hydrogen) atoms. The summed E-state index contributed by atoms with van der Waals surface area (Å²) < 4.78 is 22.2. The lowest BCUT2D eigenvalue weighted by Gasteiger charge is -2.19. The van der Waals surface area contributed by atoms with Crippen LogP contribution in [-0.2, 0) is 9.05 Å². The second-order valence-corrected chi connectivity index (χ2v) is 6.70. The average molecular weight is 211 g/mol. The van der Waals surface area contributed by atoms with Gasteiger partial charge in [-0.2, -0.15) is 0 Å². The van der Waals surface area contributed by atoms with Crippen molar-refractivity contribution in [2.75, 3.05) is 0 Å². The Morgan fingerprint density at radius 1 is 1.33 bits per heavy atom. The van der Waals surface area contributed by atoms with E-state index in [2.05, 4.69) is 13.8 Å². The molecule has 0 saturated heterocycles. The van der Waals surface area contributed by atoms with Crippen molar-refractivity contribution in [2.24, 2.45) is 11.8 Å². The molecule has 0 spiro atoms. The Morgan fingerprint density at radius 3 is 2.25 bits per heavy atom. The third-order valence-corrected chi connectivity index (χ3v) is 4.72. The van der Waals surface area contributed by atoms with Crippen molar-refractivity contribution >= 4 is 19.7 Å². The van der Waals surface area contributed by atoms with Gasteiger partial charge >= 0.3 is 0 Å². The first kappa shape index (κ1) is 10.3. The summed E-state index contributed by atoms with van der Waals surface area (Å²) in [5.41, 5.74) is 0. The molecule has 0 radical (unpaired) electrons. The van der Waals surface area contributed by atoms with Crippen LogP contribution in [0.2, 0.25) is 0 Å². The number of rotatable bonds is 2. The molecule has 0 aromatic rings. The van der Waals surface area contributed by atoms with E-state index < -0.39 is 9.05 Å². The molecule has 2 unspecified atom stereocenters. The predicted molar refractivity (Wildman–Crippen MR) is 50.7 cm³/mol. The monoisotopic (exact) mass is 210 g/mol. The summed E-state index contributed by atoms with van der Waals surface area (Å²) in [6, 6.07) is 0. The van der Waals surface area contributed by atoms with Crippen LogP contribution in [0, 0.1) is 11.8 Å². The van der Waals surface area contributed by atoms with E-state index in [0.29, 0.717) is 5.92 Å². The molecule has 0 aromatic carbocycles. The van der Waals surface area contributed by atoms with Crippen LogP contribution in [0.1, 0.15) is 33.1 Å². The molecule has 72 valence electrons. The highest BCUT2D eigenvalue weighted by Crippen LogP contribution is 2.37. The fourth-order valence-electron chi connectivity index (χ4n) is 2.07. The van der Waals surface area contributed by atoms with E-state index in [1.807, 2.05) is 0 Å². The largest absolute Gasteiger partial charge is 0.235 e. The Labute approximate surface area is 78.7 Å². The van der Waals surface area contributed by atoms with Crippen LogP contribution in [0.4, 0.5) is 0 Å². The van der Waals surface area contributed by atoms with Gasteiger partial charge < -0.3 is 0 Å². The third kappa shape index (κ3) is 2.13. The van der Waals surface area contributed by atoms with Gasteiger partial charge in [0.1, 0.15) is 0 Å². The highest BCUT2D eigenvalue weighted by Gasteiger charge is 2.37. The van der Waals surface area contributed by atoms with Crippen molar-refractivity contribution in [3.8, 4) is 0 Å². The van der Waals surface area contributed by atoms with E-state index in [1.54, 1.807) is 0 Å².